The molecular weight excluding hydrogens is 576 g/mol. The summed E-state index contributed by atoms with van der Waals surface area (Å²) in [6, 6.07) is 14.7. The first kappa shape index (κ1) is 31.1. The Morgan fingerprint density at radius 1 is 1.02 bits per heavy atom. The third kappa shape index (κ3) is 7.43. The van der Waals surface area contributed by atoms with Crippen molar-refractivity contribution in [3.05, 3.63) is 89.4 Å². The molecule has 0 aliphatic carbocycles. The van der Waals surface area contributed by atoms with Crippen molar-refractivity contribution < 1.29 is 23.2 Å². The van der Waals surface area contributed by atoms with Gasteiger partial charge in [-0.3, -0.25) is 9.48 Å². The van der Waals surface area contributed by atoms with Gasteiger partial charge in [-0.1, -0.05) is 30.3 Å². The molecule has 45 heavy (non-hydrogen) atoms. The Kier molecular flexibility index (Phi) is 8.53. The summed E-state index contributed by atoms with van der Waals surface area (Å²) < 4.78 is 19.0. The second-order valence-electron chi connectivity index (χ2n) is 12.1. The van der Waals surface area contributed by atoms with E-state index < -0.39 is 17.2 Å². The van der Waals surface area contributed by atoms with Gasteiger partial charge in [0.05, 0.1) is 24.1 Å². The lowest BCUT2D eigenvalue weighted by molar-refractivity contribution is 0.0443. The number of pyridine rings is 1. The number of benzene rings is 1. The van der Waals surface area contributed by atoms with Crippen molar-refractivity contribution in [2.75, 3.05) is 7.05 Å². The van der Waals surface area contributed by atoms with Crippen LogP contribution in [-0.4, -0.2) is 59.5 Å². The highest BCUT2D eigenvalue weighted by Crippen LogP contribution is 2.30. The molecule has 1 N–H and O–H groups in total. The van der Waals surface area contributed by atoms with Crippen LogP contribution in [-0.2, 0) is 30.3 Å². The summed E-state index contributed by atoms with van der Waals surface area (Å²) in [6.45, 7) is 9.37. The van der Waals surface area contributed by atoms with Crippen molar-refractivity contribution in [1.29, 1.82) is 0 Å². The number of carbonyl (C=O) groups is 2. The highest BCUT2D eigenvalue weighted by Gasteiger charge is 2.37. The minimum Gasteiger partial charge on any atom is -0.444 e. The van der Waals surface area contributed by atoms with E-state index in [1.165, 1.54) is 12.5 Å². The largest absolute Gasteiger partial charge is 0.444 e. The molecule has 0 aliphatic heterocycles. The van der Waals surface area contributed by atoms with Gasteiger partial charge >= 0.3 is 6.09 Å². The molecular formula is C32H36N8O5. The van der Waals surface area contributed by atoms with E-state index >= 15 is 0 Å². The second-order valence-corrected chi connectivity index (χ2v) is 12.1. The molecule has 0 bridgehead atoms. The van der Waals surface area contributed by atoms with Crippen LogP contribution < -0.4 is 5.32 Å². The van der Waals surface area contributed by atoms with Gasteiger partial charge in [0.15, 0.2) is 0 Å². The van der Waals surface area contributed by atoms with Crippen LogP contribution in [0.15, 0.2) is 69.8 Å². The molecule has 5 aromatic rings. The van der Waals surface area contributed by atoms with Crippen LogP contribution in [0.1, 0.15) is 60.9 Å². The van der Waals surface area contributed by atoms with Crippen LogP contribution in [0.2, 0.25) is 0 Å². The summed E-state index contributed by atoms with van der Waals surface area (Å²) in [4.78, 5) is 37.0. The van der Waals surface area contributed by atoms with Crippen molar-refractivity contribution in [3.8, 4) is 23.2 Å². The number of hydrogen-bond donors (Lipinski definition) is 1. The minimum atomic E-state index is -1.14. The molecule has 0 saturated heterocycles. The monoisotopic (exact) mass is 612 g/mol. The maximum Gasteiger partial charge on any atom is 0.408 e. The van der Waals surface area contributed by atoms with E-state index in [1.54, 1.807) is 56.5 Å². The fraction of sp³-hybridized carbons (Fsp3) is 0.344. The van der Waals surface area contributed by atoms with Gasteiger partial charge in [-0.25, -0.2) is 14.8 Å². The van der Waals surface area contributed by atoms with Gasteiger partial charge in [0, 0.05) is 26.1 Å². The normalized spacial score (nSPS) is 12.9. The Balaban J connectivity index is 1.50. The molecule has 0 aliphatic rings. The minimum absolute atomic E-state index is 0.0441. The Labute approximate surface area is 260 Å². The highest BCUT2D eigenvalue weighted by atomic mass is 16.6. The third-order valence-electron chi connectivity index (χ3n) is 6.86. The van der Waals surface area contributed by atoms with Gasteiger partial charge in [0.25, 0.3) is 11.8 Å². The number of hydrogen-bond acceptors (Lipinski definition) is 10. The number of rotatable bonds is 9. The Morgan fingerprint density at radius 2 is 1.73 bits per heavy atom. The zero-order valence-corrected chi connectivity index (χ0v) is 26.4. The molecule has 13 nitrogen and oxygen atoms in total. The maximum absolute atomic E-state index is 13.7. The number of carbonyl (C=O) groups excluding carboxylic acids is 2. The molecule has 4 heterocycles. The Hall–Kier alpha value is -5.33. The molecule has 1 aromatic carbocycles. The number of amides is 2. The number of aryl methyl sites for hydroxylation is 2. The number of alkyl carbamates (subject to hydrolysis) is 1. The van der Waals surface area contributed by atoms with Crippen molar-refractivity contribution in [1.82, 2.24) is 40.2 Å². The third-order valence-corrected chi connectivity index (χ3v) is 6.86. The predicted molar refractivity (Wildman–Crippen MR) is 164 cm³/mol. The Morgan fingerprint density at radius 3 is 2.36 bits per heavy atom. The van der Waals surface area contributed by atoms with E-state index in [4.69, 9.17) is 13.6 Å². The van der Waals surface area contributed by atoms with Crippen LogP contribution in [0.4, 0.5) is 4.79 Å². The molecule has 4 aromatic heterocycles. The van der Waals surface area contributed by atoms with Crippen molar-refractivity contribution in [3.63, 3.8) is 0 Å². The first-order valence-corrected chi connectivity index (χ1v) is 14.4. The van der Waals surface area contributed by atoms with Crippen molar-refractivity contribution >= 4 is 12.0 Å². The summed E-state index contributed by atoms with van der Waals surface area (Å²) in [5, 5.41) is 15.9. The zero-order valence-electron chi connectivity index (χ0n) is 26.4. The van der Waals surface area contributed by atoms with E-state index in [9.17, 15) is 9.59 Å². The lowest BCUT2D eigenvalue weighted by Crippen LogP contribution is -2.47. The zero-order chi connectivity index (χ0) is 32.4. The fourth-order valence-corrected chi connectivity index (χ4v) is 4.83. The summed E-state index contributed by atoms with van der Waals surface area (Å²) >= 11 is 0. The molecule has 1 unspecified atom stereocenters. The van der Waals surface area contributed by atoms with Gasteiger partial charge in [-0.15, -0.1) is 10.2 Å². The summed E-state index contributed by atoms with van der Waals surface area (Å²) in [5.74, 6) is 0.122. The molecule has 234 valence electrons. The van der Waals surface area contributed by atoms with E-state index in [-0.39, 0.29) is 29.3 Å². The van der Waals surface area contributed by atoms with Crippen molar-refractivity contribution in [2.24, 2.45) is 7.05 Å². The summed E-state index contributed by atoms with van der Waals surface area (Å²) in [5.41, 5.74) is 1.66. The van der Waals surface area contributed by atoms with Crippen LogP contribution >= 0.6 is 0 Å². The van der Waals surface area contributed by atoms with E-state index in [2.05, 4.69) is 30.6 Å². The predicted octanol–water partition coefficient (Wildman–Crippen LogP) is 5.08. The Bertz CT molecular complexity index is 1790. The highest BCUT2D eigenvalue weighted by molar-refractivity contribution is 5.95. The van der Waals surface area contributed by atoms with Gasteiger partial charge < -0.3 is 23.8 Å². The first-order valence-electron chi connectivity index (χ1n) is 14.4. The summed E-state index contributed by atoms with van der Waals surface area (Å²) in [6.07, 6.45) is 2.61. The van der Waals surface area contributed by atoms with Gasteiger partial charge in [0.1, 0.15) is 28.8 Å². The van der Waals surface area contributed by atoms with Gasteiger partial charge in [-0.05, 0) is 58.4 Å². The van der Waals surface area contributed by atoms with E-state index in [1.807, 2.05) is 50.4 Å². The number of nitrogens with one attached hydrogen (secondary N) is 1. The van der Waals surface area contributed by atoms with Crippen LogP contribution in [0.3, 0.4) is 0 Å². The number of aromatic nitrogens is 6. The molecule has 0 fully saturated rings. The molecule has 0 saturated carbocycles. The quantitative estimate of drug-likeness (QED) is 0.238. The first-order chi connectivity index (χ1) is 21.3. The van der Waals surface area contributed by atoms with Gasteiger partial charge in [0.2, 0.25) is 11.8 Å². The molecule has 2 amide bonds. The second kappa shape index (κ2) is 12.3. The van der Waals surface area contributed by atoms with E-state index in [0.717, 1.165) is 17.0 Å². The lowest BCUT2D eigenvalue weighted by Gasteiger charge is -2.29. The van der Waals surface area contributed by atoms with Crippen LogP contribution in [0.25, 0.3) is 23.2 Å². The number of nitrogens with zero attached hydrogens (tertiary/aromatic N) is 7. The molecule has 13 heteroatoms. The fourth-order valence-electron chi connectivity index (χ4n) is 4.83. The van der Waals surface area contributed by atoms with E-state index in [0.29, 0.717) is 24.2 Å². The van der Waals surface area contributed by atoms with Crippen LogP contribution in [0, 0.1) is 6.92 Å². The lowest BCUT2D eigenvalue weighted by atomic mass is 9.92. The average molecular weight is 613 g/mol. The molecule has 1 atom stereocenters. The van der Waals surface area contributed by atoms with Gasteiger partial charge in [-0.2, -0.15) is 5.10 Å². The smallest absolute Gasteiger partial charge is 0.408 e. The topological polar surface area (TPSA) is 154 Å². The standard InChI is InChI=1S/C32H36N8O5/c1-20-15-23(40(7)38-20)19-39(6)28(41)22-16-24(26-33-13-14-43-26)34-25(17-22)27-36-37-29(44-27)32(5,18-21-11-9-8-10-12-21)35-30(42)45-31(2,3)4/h8-17H,18-19H2,1-7H3,(H,35,42). The SMILES string of the molecule is Cc1cc(CN(C)C(=O)c2cc(-c3ncco3)nc(-c3nnc(C(C)(Cc4ccccc4)NC(=O)OC(C)(C)C)o3)c2)n(C)n1. The van der Waals surface area contributed by atoms with Crippen molar-refractivity contribution in [2.45, 2.75) is 58.7 Å². The van der Waals surface area contributed by atoms with Crippen LogP contribution in [0.5, 0.6) is 0 Å². The molecule has 0 spiro atoms. The summed E-state index contributed by atoms with van der Waals surface area (Å²) in [7, 11) is 3.54. The maximum atomic E-state index is 13.7. The number of ether oxygens (including phenoxy) is 1. The molecule has 5 rings (SSSR count). The number of oxazole rings is 1. The molecule has 0 radical (unpaired) electrons. The average Bonchev–Trinajstić information content (AvgIpc) is 3.74.